The highest BCUT2D eigenvalue weighted by Crippen LogP contribution is 2.46. The molecular formula is C11H16ClNO2. The van der Waals surface area contributed by atoms with Gasteiger partial charge in [0, 0.05) is 12.4 Å². The second-order valence-electron chi connectivity index (χ2n) is 4.38. The van der Waals surface area contributed by atoms with E-state index in [2.05, 4.69) is 0 Å². The Kier molecular flexibility index (Phi) is 3.29. The van der Waals surface area contributed by atoms with Crippen LogP contribution in [-0.4, -0.2) is 29.1 Å². The van der Waals surface area contributed by atoms with E-state index in [1.165, 1.54) is 4.90 Å². The number of amides is 2. The van der Waals surface area contributed by atoms with Gasteiger partial charge < -0.3 is 0 Å². The summed E-state index contributed by atoms with van der Waals surface area (Å²) < 4.78 is 0. The van der Waals surface area contributed by atoms with Gasteiger partial charge in [-0.3, -0.25) is 14.5 Å². The molecule has 2 amide bonds. The molecule has 0 aromatic carbocycles. The number of nitrogens with zero attached hydrogens (tertiary/aromatic N) is 1. The number of hydrogen-bond donors (Lipinski definition) is 0. The summed E-state index contributed by atoms with van der Waals surface area (Å²) in [6.07, 6.45) is 4.90. The van der Waals surface area contributed by atoms with E-state index >= 15 is 0 Å². The van der Waals surface area contributed by atoms with Gasteiger partial charge in [-0.05, 0) is 19.3 Å². The van der Waals surface area contributed by atoms with Crippen LogP contribution in [0, 0.1) is 11.8 Å². The molecule has 84 valence electrons. The summed E-state index contributed by atoms with van der Waals surface area (Å²) in [4.78, 5) is 24.6. The topological polar surface area (TPSA) is 37.4 Å². The number of fused-ring (bicyclic) bond motifs is 1. The number of hydrogen-bond acceptors (Lipinski definition) is 2. The summed E-state index contributed by atoms with van der Waals surface area (Å²) in [5, 5.41) is 0. The van der Waals surface area contributed by atoms with E-state index in [1.54, 1.807) is 0 Å². The second kappa shape index (κ2) is 4.52. The van der Waals surface area contributed by atoms with Crippen molar-refractivity contribution in [3.05, 3.63) is 0 Å². The lowest BCUT2D eigenvalue weighted by Crippen LogP contribution is -2.33. The van der Waals surface area contributed by atoms with Crippen LogP contribution in [0.15, 0.2) is 0 Å². The van der Waals surface area contributed by atoms with Crippen molar-refractivity contribution in [3.8, 4) is 0 Å². The average molecular weight is 230 g/mol. The zero-order valence-corrected chi connectivity index (χ0v) is 9.50. The highest BCUT2D eigenvalue weighted by Gasteiger charge is 2.58. The Labute approximate surface area is 94.8 Å². The molecule has 0 N–H and O–H groups in total. The van der Waals surface area contributed by atoms with Gasteiger partial charge in [-0.15, -0.1) is 11.6 Å². The van der Waals surface area contributed by atoms with Gasteiger partial charge in [0.05, 0.1) is 11.8 Å². The van der Waals surface area contributed by atoms with E-state index in [0.29, 0.717) is 12.4 Å². The third-order valence-electron chi connectivity index (χ3n) is 3.22. The summed E-state index contributed by atoms with van der Waals surface area (Å²) >= 11 is 5.56. The van der Waals surface area contributed by atoms with Crippen molar-refractivity contribution < 1.29 is 9.59 Å². The SMILES string of the molecule is O=C1C2CC2C(=O)N1CCCCCCCl. The van der Waals surface area contributed by atoms with E-state index in [1.807, 2.05) is 0 Å². The largest absolute Gasteiger partial charge is 0.282 e. The van der Waals surface area contributed by atoms with E-state index < -0.39 is 0 Å². The molecule has 1 aliphatic heterocycles. The molecule has 0 spiro atoms. The zero-order chi connectivity index (χ0) is 10.8. The maximum atomic E-state index is 11.6. The number of likely N-dealkylation sites (tertiary alicyclic amines) is 1. The predicted octanol–water partition coefficient (Wildman–Crippen LogP) is 1.79. The Hall–Kier alpha value is -0.570. The fourth-order valence-electron chi connectivity index (χ4n) is 2.19. The number of piperidine rings is 1. The van der Waals surface area contributed by atoms with Crippen LogP contribution in [0.4, 0.5) is 0 Å². The molecule has 1 aliphatic carbocycles. The van der Waals surface area contributed by atoms with Crippen LogP contribution in [0.1, 0.15) is 32.1 Å². The lowest BCUT2D eigenvalue weighted by Gasteiger charge is -2.15. The minimum absolute atomic E-state index is 0.0559. The molecule has 2 rings (SSSR count). The van der Waals surface area contributed by atoms with Crippen molar-refractivity contribution in [2.75, 3.05) is 12.4 Å². The fourth-order valence-corrected chi connectivity index (χ4v) is 2.38. The first-order valence-corrected chi connectivity index (χ1v) is 6.20. The highest BCUT2D eigenvalue weighted by molar-refractivity contribution is 6.17. The lowest BCUT2D eigenvalue weighted by molar-refractivity contribution is -0.141. The summed E-state index contributed by atoms with van der Waals surface area (Å²) in [7, 11) is 0. The first kappa shape index (κ1) is 10.9. The van der Waals surface area contributed by atoms with E-state index in [0.717, 1.165) is 32.1 Å². The van der Waals surface area contributed by atoms with Crippen LogP contribution < -0.4 is 0 Å². The van der Waals surface area contributed by atoms with Gasteiger partial charge in [0.15, 0.2) is 0 Å². The van der Waals surface area contributed by atoms with Crippen molar-refractivity contribution in [2.45, 2.75) is 32.1 Å². The van der Waals surface area contributed by atoms with Crippen molar-refractivity contribution in [1.82, 2.24) is 4.90 Å². The van der Waals surface area contributed by atoms with Crippen LogP contribution in [0.5, 0.6) is 0 Å². The third kappa shape index (κ3) is 2.17. The summed E-state index contributed by atoms with van der Waals surface area (Å²) in [5.74, 6) is 0.955. The molecule has 4 heteroatoms. The Morgan fingerprint density at radius 3 is 2.27 bits per heavy atom. The lowest BCUT2D eigenvalue weighted by atomic mass is 10.2. The Bertz CT molecular complexity index is 260. The van der Waals surface area contributed by atoms with E-state index in [9.17, 15) is 9.59 Å². The molecule has 1 saturated carbocycles. The number of alkyl halides is 1. The van der Waals surface area contributed by atoms with Gasteiger partial charge in [-0.1, -0.05) is 12.8 Å². The molecule has 2 unspecified atom stereocenters. The van der Waals surface area contributed by atoms with Gasteiger partial charge in [-0.25, -0.2) is 0 Å². The first-order chi connectivity index (χ1) is 7.25. The molecule has 2 atom stereocenters. The van der Waals surface area contributed by atoms with Crippen molar-refractivity contribution in [2.24, 2.45) is 11.8 Å². The fraction of sp³-hybridized carbons (Fsp3) is 0.818. The minimum atomic E-state index is 0.0559. The molecule has 0 aromatic heterocycles. The maximum Gasteiger partial charge on any atom is 0.233 e. The molecule has 1 heterocycles. The zero-order valence-electron chi connectivity index (χ0n) is 8.75. The molecule has 3 nitrogen and oxygen atoms in total. The second-order valence-corrected chi connectivity index (χ2v) is 4.76. The Morgan fingerprint density at radius 1 is 1.07 bits per heavy atom. The van der Waals surface area contributed by atoms with E-state index in [-0.39, 0.29) is 23.7 Å². The van der Waals surface area contributed by atoms with Crippen LogP contribution in [0.3, 0.4) is 0 Å². The number of imide groups is 1. The molecule has 1 saturated heterocycles. The van der Waals surface area contributed by atoms with Crippen LogP contribution in [0.2, 0.25) is 0 Å². The maximum absolute atomic E-state index is 11.6. The average Bonchev–Trinajstić information content (AvgIpc) is 2.97. The third-order valence-corrected chi connectivity index (χ3v) is 3.49. The minimum Gasteiger partial charge on any atom is -0.282 e. The predicted molar refractivity (Wildman–Crippen MR) is 57.5 cm³/mol. The molecule has 0 bridgehead atoms. The van der Waals surface area contributed by atoms with Crippen LogP contribution >= 0.6 is 11.6 Å². The summed E-state index contributed by atoms with van der Waals surface area (Å²) in [6.45, 7) is 0.618. The first-order valence-electron chi connectivity index (χ1n) is 5.67. The normalized spacial score (nSPS) is 28.5. The molecule has 2 aliphatic rings. The number of unbranched alkanes of at least 4 members (excludes halogenated alkanes) is 3. The Morgan fingerprint density at radius 2 is 1.67 bits per heavy atom. The molecular weight excluding hydrogens is 214 g/mol. The quantitative estimate of drug-likeness (QED) is 0.396. The molecule has 0 radical (unpaired) electrons. The molecule has 0 aromatic rings. The standard InChI is InChI=1S/C11H16ClNO2/c12-5-3-1-2-4-6-13-10(14)8-7-9(8)11(13)15/h8-9H,1-7H2. The summed E-state index contributed by atoms with van der Waals surface area (Å²) in [5.41, 5.74) is 0. The monoisotopic (exact) mass is 229 g/mol. The van der Waals surface area contributed by atoms with E-state index in [4.69, 9.17) is 11.6 Å². The van der Waals surface area contributed by atoms with Crippen molar-refractivity contribution >= 4 is 23.4 Å². The number of carbonyl (C=O) groups is 2. The van der Waals surface area contributed by atoms with Gasteiger partial charge in [0.1, 0.15) is 0 Å². The van der Waals surface area contributed by atoms with Gasteiger partial charge in [-0.2, -0.15) is 0 Å². The van der Waals surface area contributed by atoms with Crippen molar-refractivity contribution in [3.63, 3.8) is 0 Å². The highest BCUT2D eigenvalue weighted by atomic mass is 35.5. The summed E-state index contributed by atoms with van der Waals surface area (Å²) in [6, 6.07) is 0. The van der Waals surface area contributed by atoms with Crippen LogP contribution in [-0.2, 0) is 9.59 Å². The number of rotatable bonds is 6. The molecule has 15 heavy (non-hydrogen) atoms. The van der Waals surface area contributed by atoms with Crippen molar-refractivity contribution in [1.29, 1.82) is 0 Å². The Balaban J connectivity index is 1.67. The van der Waals surface area contributed by atoms with Gasteiger partial charge in [0.25, 0.3) is 0 Å². The number of carbonyl (C=O) groups excluding carboxylic acids is 2. The number of halogens is 1. The molecule has 2 fully saturated rings. The van der Waals surface area contributed by atoms with Gasteiger partial charge >= 0.3 is 0 Å². The van der Waals surface area contributed by atoms with Gasteiger partial charge in [0.2, 0.25) is 11.8 Å². The van der Waals surface area contributed by atoms with Crippen LogP contribution in [0.25, 0.3) is 0 Å². The smallest absolute Gasteiger partial charge is 0.233 e.